The van der Waals surface area contributed by atoms with Crippen LogP contribution in [0.25, 0.3) is 0 Å². The van der Waals surface area contributed by atoms with E-state index in [0.717, 1.165) is 35.3 Å². The quantitative estimate of drug-likeness (QED) is 0.857. The van der Waals surface area contributed by atoms with Gasteiger partial charge in [-0.15, -0.1) is 0 Å². The Morgan fingerprint density at radius 3 is 2.81 bits per heavy atom. The first-order valence-corrected chi connectivity index (χ1v) is 6.28. The molecule has 0 saturated heterocycles. The average Bonchev–Trinajstić information content (AvgIpc) is 2.19. The van der Waals surface area contributed by atoms with E-state index in [1.54, 1.807) is 0 Å². The van der Waals surface area contributed by atoms with Crippen LogP contribution in [-0.4, -0.2) is 13.2 Å². The van der Waals surface area contributed by atoms with Crippen molar-refractivity contribution in [2.75, 3.05) is 13.2 Å². The predicted molar refractivity (Wildman–Crippen MR) is 67.0 cm³/mol. The van der Waals surface area contributed by atoms with Crippen LogP contribution in [0.3, 0.4) is 0 Å². The molecule has 0 radical (unpaired) electrons. The largest absolute Gasteiger partial charge is 0.493 e. The van der Waals surface area contributed by atoms with Gasteiger partial charge in [0.25, 0.3) is 0 Å². The van der Waals surface area contributed by atoms with Gasteiger partial charge >= 0.3 is 0 Å². The third-order valence-electron chi connectivity index (χ3n) is 3.14. The van der Waals surface area contributed by atoms with Crippen molar-refractivity contribution in [3.8, 4) is 5.75 Å². The van der Waals surface area contributed by atoms with Crippen molar-refractivity contribution < 1.29 is 4.74 Å². The highest BCUT2D eigenvalue weighted by Crippen LogP contribution is 2.29. The third kappa shape index (κ3) is 2.89. The molecule has 1 aromatic rings. The van der Waals surface area contributed by atoms with E-state index in [2.05, 4.69) is 0 Å². The van der Waals surface area contributed by atoms with Gasteiger partial charge < -0.3 is 10.5 Å². The van der Waals surface area contributed by atoms with E-state index in [-0.39, 0.29) is 0 Å². The number of benzene rings is 1. The third-order valence-corrected chi connectivity index (χ3v) is 3.37. The highest BCUT2D eigenvalue weighted by atomic mass is 35.5. The van der Waals surface area contributed by atoms with Crippen molar-refractivity contribution in [2.45, 2.75) is 25.7 Å². The molecule has 0 bridgehead atoms. The lowest BCUT2D eigenvalue weighted by Crippen LogP contribution is -2.19. The second kappa shape index (κ2) is 5.55. The Hall–Kier alpha value is -0.730. The molecule has 0 aromatic heterocycles. The maximum Gasteiger partial charge on any atom is 0.122 e. The van der Waals surface area contributed by atoms with Crippen molar-refractivity contribution in [1.82, 2.24) is 0 Å². The molecule has 1 aliphatic rings. The smallest absolute Gasteiger partial charge is 0.122 e. The molecule has 2 nitrogen and oxygen atoms in total. The van der Waals surface area contributed by atoms with Gasteiger partial charge in [-0.25, -0.2) is 0 Å². The minimum Gasteiger partial charge on any atom is -0.493 e. The summed E-state index contributed by atoms with van der Waals surface area (Å²) in [5, 5.41) is 0.749. The van der Waals surface area contributed by atoms with Crippen molar-refractivity contribution in [1.29, 1.82) is 0 Å². The van der Waals surface area contributed by atoms with E-state index in [1.165, 1.54) is 19.3 Å². The molecule has 1 aromatic carbocycles. The van der Waals surface area contributed by atoms with Gasteiger partial charge in [0.15, 0.2) is 0 Å². The van der Waals surface area contributed by atoms with E-state index >= 15 is 0 Å². The van der Waals surface area contributed by atoms with E-state index in [1.807, 2.05) is 18.2 Å². The Balaban J connectivity index is 1.99. The van der Waals surface area contributed by atoms with Gasteiger partial charge in [-0.05, 0) is 55.5 Å². The van der Waals surface area contributed by atoms with E-state index < -0.39 is 0 Å². The zero-order chi connectivity index (χ0) is 11.4. The van der Waals surface area contributed by atoms with Gasteiger partial charge in [0.1, 0.15) is 5.75 Å². The van der Waals surface area contributed by atoms with Crippen molar-refractivity contribution >= 4 is 11.6 Å². The van der Waals surface area contributed by atoms with Gasteiger partial charge in [0.2, 0.25) is 0 Å². The number of halogens is 1. The molecule has 1 fully saturated rings. The molecule has 0 aliphatic heterocycles. The number of hydrogen-bond donors (Lipinski definition) is 1. The fourth-order valence-electron chi connectivity index (χ4n) is 1.91. The molecule has 2 N–H and O–H groups in total. The van der Waals surface area contributed by atoms with Crippen molar-refractivity contribution in [3.63, 3.8) is 0 Å². The molecule has 0 atom stereocenters. The second-order valence-electron chi connectivity index (χ2n) is 4.40. The summed E-state index contributed by atoms with van der Waals surface area (Å²) < 4.78 is 5.83. The molecule has 1 aliphatic carbocycles. The second-order valence-corrected chi connectivity index (χ2v) is 4.84. The maximum absolute atomic E-state index is 5.96. The highest BCUT2D eigenvalue weighted by molar-refractivity contribution is 6.30. The first kappa shape index (κ1) is 11.7. The average molecular weight is 240 g/mol. The molecule has 3 heteroatoms. The Labute approximate surface area is 102 Å². The van der Waals surface area contributed by atoms with Crippen LogP contribution in [0.5, 0.6) is 5.75 Å². The minimum atomic E-state index is 0.625. The Kier molecular flexibility index (Phi) is 4.08. The van der Waals surface area contributed by atoms with Crippen LogP contribution in [-0.2, 0) is 6.42 Å². The zero-order valence-electron chi connectivity index (χ0n) is 9.42. The molecule has 88 valence electrons. The standard InChI is InChI=1S/C13H18ClNO/c14-12-4-5-13(11(8-12)6-7-15)16-9-10-2-1-3-10/h4-5,8,10H,1-3,6-7,9,15H2. The van der Waals surface area contributed by atoms with Gasteiger partial charge in [-0.1, -0.05) is 18.0 Å². The summed E-state index contributed by atoms with van der Waals surface area (Å²) in [6.45, 7) is 1.46. The molecular weight excluding hydrogens is 222 g/mol. The van der Waals surface area contributed by atoms with Crippen LogP contribution in [0.2, 0.25) is 5.02 Å². The summed E-state index contributed by atoms with van der Waals surface area (Å²) in [4.78, 5) is 0. The van der Waals surface area contributed by atoms with Crippen LogP contribution < -0.4 is 10.5 Å². The SMILES string of the molecule is NCCc1cc(Cl)ccc1OCC1CCC1. The Morgan fingerprint density at radius 2 is 2.19 bits per heavy atom. The molecule has 2 rings (SSSR count). The summed E-state index contributed by atoms with van der Waals surface area (Å²) in [5.41, 5.74) is 6.69. The lowest BCUT2D eigenvalue weighted by Gasteiger charge is -2.25. The van der Waals surface area contributed by atoms with E-state index in [0.29, 0.717) is 6.54 Å². The molecule has 16 heavy (non-hydrogen) atoms. The highest BCUT2D eigenvalue weighted by Gasteiger charge is 2.18. The van der Waals surface area contributed by atoms with Gasteiger partial charge in [-0.3, -0.25) is 0 Å². The number of rotatable bonds is 5. The minimum absolute atomic E-state index is 0.625. The van der Waals surface area contributed by atoms with Crippen LogP contribution >= 0.6 is 11.6 Å². The molecular formula is C13H18ClNO. The normalized spacial score (nSPS) is 15.9. The van der Waals surface area contributed by atoms with Gasteiger partial charge in [-0.2, -0.15) is 0 Å². The molecule has 0 amide bonds. The monoisotopic (exact) mass is 239 g/mol. The zero-order valence-corrected chi connectivity index (χ0v) is 10.2. The fraction of sp³-hybridized carbons (Fsp3) is 0.538. The van der Waals surface area contributed by atoms with Crippen LogP contribution in [0.1, 0.15) is 24.8 Å². The lowest BCUT2D eigenvalue weighted by atomic mass is 9.86. The van der Waals surface area contributed by atoms with Crippen molar-refractivity contribution in [3.05, 3.63) is 28.8 Å². The number of ether oxygens (including phenoxy) is 1. The molecule has 0 heterocycles. The van der Waals surface area contributed by atoms with Gasteiger partial charge in [0.05, 0.1) is 6.61 Å². The first-order valence-electron chi connectivity index (χ1n) is 5.91. The van der Waals surface area contributed by atoms with E-state index in [4.69, 9.17) is 22.1 Å². The fourth-order valence-corrected chi connectivity index (χ4v) is 2.10. The Bertz CT molecular complexity index is 350. The number of nitrogens with two attached hydrogens (primary N) is 1. The van der Waals surface area contributed by atoms with E-state index in [9.17, 15) is 0 Å². The molecule has 1 saturated carbocycles. The molecule has 0 unspecified atom stereocenters. The molecule has 0 spiro atoms. The first-order chi connectivity index (χ1) is 7.79. The summed E-state index contributed by atoms with van der Waals surface area (Å²) in [7, 11) is 0. The summed E-state index contributed by atoms with van der Waals surface area (Å²) in [6.07, 6.45) is 4.78. The van der Waals surface area contributed by atoms with Gasteiger partial charge in [0, 0.05) is 5.02 Å². The predicted octanol–water partition coefficient (Wildman–Crippen LogP) is 3.02. The van der Waals surface area contributed by atoms with Crippen molar-refractivity contribution in [2.24, 2.45) is 11.7 Å². The topological polar surface area (TPSA) is 35.2 Å². The van der Waals surface area contributed by atoms with Crippen LogP contribution in [0, 0.1) is 5.92 Å². The van der Waals surface area contributed by atoms with Crippen LogP contribution in [0.4, 0.5) is 0 Å². The Morgan fingerprint density at radius 1 is 1.38 bits per heavy atom. The van der Waals surface area contributed by atoms with Crippen LogP contribution in [0.15, 0.2) is 18.2 Å². The number of hydrogen-bond acceptors (Lipinski definition) is 2. The lowest BCUT2D eigenvalue weighted by molar-refractivity contribution is 0.179. The maximum atomic E-state index is 5.96. The summed E-state index contributed by atoms with van der Waals surface area (Å²) >= 11 is 5.96. The summed E-state index contributed by atoms with van der Waals surface area (Å²) in [5.74, 6) is 1.70. The summed E-state index contributed by atoms with van der Waals surface area (Å²) in [6, 6.07) is 5.77.